The summed E-state index contributed by atoms with van der Waals surface area (Å²) in [5.41, 5.74) is 7.35. The summed E-state index contributed by atoms with van der Waals surface area (Å²) in [4.78, 5) is 0. The van der Waals surface area contributed by atoms with E-state index in [-0.39, 0.29) is 29.8 Å². The van der Waals surface area contributed by atoms with Crippen LogP contribution in [0, 0.1) is 0 Å². The Kier molecular flexibility index (Phi) is 6.01. The van der Waals surface area contributed by atoms with Crippen molar-refractivity contribution >= 4 is 0 Å². The molecule has 0 amide bonds. The SMILES string of the molecule is NCCOCCOCCOC12COc3cc(O)ccc3C1c1cc(O)c(O)cc1C2. The molecule has 0 saturated heterocycles. The zero-order valence-corrected chi connectivity index (χ0v) is 16.7. The van der Waals surface area contributed by atoms with Gasteiger partial charge in [-0.15, -0.1) is 0 Å². The van der Waals surface area contributed by atoms with Gasteiger partial charge in [-0.1, -0.05) is 6.07 Å². The van der Waals surface area contributed by atoms with E-state index >= 15 is 0 Å². The predicted octanol–water partition coefficient (Wildman–Crippen LogP) is 1.63. The lowest BCUT2D eigenvalue weighted by Gasteiger charge is -2.40. The van der Waals surface area contributed by atoms with Gasteiger partial charge in [0, 0.05) is 30.5 Å². The Balaban J connectivity index is 1.52. The van der Waals surface area contributed by atoms with E-state index in [0.717, 1.165) is 16.7 Å². The van der Waals surface area contributed by atoms with Gasteiger partial charge in [-0.05, 0) is 29.3 Å². The maximum atomic E-state index is 10.1. The van der Waals surface area contributed by atoms with Crippen LogP contribution >= 0.6 is 0 Å². The molecule has 8 nitrogen and oxygen atoms in total. The first kappa shape index (κ1) is 20.7. The highest BCUT2D eigenvalue weighted by atomic mass is 16.6. The first-order chi connectivity index (χ1) is 14.5. The van der Waals surface area contributed by atoms with Crippen molar-refractivity contribution in [2.24, 2.45) is 5.73 Å². The number of hydrogen-bond acceptors (Lipinski definition) is 8. The van der Waals surface area contributed by atoms with E-state index in [1.54, 1.807) is 24.3 Å². The van der Waals surface area contributed by atoms with Gasteiger partial charge in [0.15, 0.2) is 11.5 Å². The molecule has 162 valence electrons. The molecule has 0 spiro atoms. The summed E-state index contributed by atoms with van der Waals surface area (Å²) in [5, 5.41) is 29.9. The van der Waals surface area contributed by atoms with Gasteiger partial charge in [-0.25, -0.2) is 0 Å². The summed E-state index contributed by atoms with van der Waals surface area (Å²) in [6, 6.07) is 8.19. The first-order valence-corrected chi connectivity index (χ1v) is 10.0. The number of rotatable bonds is 9. The molecule has 30 heavy (non-hydrogen) atoms. The molecule has 0 radical (unpaired) electrons. The number of nitrogens with two attached hydrogens (primary N) is 1. The third-order valence-electron chi connectivity index (χ3n) is 5.59. The molecule has 2 aromatic rings. The second-order valence-corrected chi connectivity index (χ2v) is 7.59. The van der Waals surface area contributed by atoms with Crippen molar-refractivity contribution in [1.29, 1.82) is 0 Å². The van der Waals surface area contributed by atoms with Crippen molar-refractivity contribution in [3.05, 3.63) is 47.0 Å². The Morgan fingerprint density at radius 3 is 2.47 bits per heavy atom. The van der Waals surface area contributed by atoms with Gasteiger partial charge >= 0.3 is 0 Å². The Morgan fingerprint density at radius 2 is 1.67 bits per heavy atom. The molecule has 1 aliphatic carbocycles. The average Bonchev–Trinajstić information content (AvgIpc) is 3.04. The summed E-state index contributed by atoms with van der Waals surface area (Å²) >= 11 is 0. The number of hydrogen-bond donors (Lipinski definition) is 4. The van der Waals surface area contributed by atoms with Gasteiger partial charge in [-0.2, -0.15) is 0 Å². The molecule has 8 heteroatoms. The number of fused-ring (bicyclic) bond motifs is 5. The highest BCUT2D eigenvalue weighted by Gasteiger charge is 2.52. The van der Waals surface area contributed by atoms with Crippen LogP contribution in [0.5, 0.6) is 23.0 Å². The monoisotopic (exact) mass is 417 g/mol. The van der Waals surface area contributed by atoms with Crippen LogP contribution in [0.2, 0.25) is 0 Å². The van der Waals surface area contributed by atoms with E-state index in [0.29, 0.717) is 51.7 Å². The Morgan fingerprint density at radius 1 is 0.933 bits per heavy atom. The maximum Gasteiger partial charge on any atom is 0.157 e. The van der Waals surface area contributed by atoms with Crippen LogP contribution in [0.3, 0.4) is 0 Å². The number of phenolic OH excluding ortho intramolecular Hbond substituents is 3. The number of ether oxygens (including phenoxy) is 4. The smallest absolute Gasteiger partial charge is 0.157 e. The molecular formula is C22H27NO7. The molecule has 0 saturated carbocycles. The van der Waals surface area contributed by atoms with Crippen LogP contribution < -0.4 is 10.5 Å². The summed E-state index contributed by atoms with van der Waals surface area (Å²) in [7, 11) is 0. The summed E-state index contributed by atoms with van der Waals surface area (Å²) in [6.07, 6.45) is 0.529. The molecule has 5 N–H and O–H groups in total. The molecule has 0 fully saturated rings. The quantitative estimate of drug-likeness (QED) is 0.359. The van der Waals surface area contributed by atoms with Gasteiger partial charge in [0.2, 0.25) is 0 Å². The first-order valence-electron chi connectivity index (χ1n) is 10.0. The number of benzene rings is 2. The second kappa shape index (κ2) is 8.69. The zero-order chi connectivity index (χ0) is 21.1. The van der Waals surface area contributed by atoms with Crippen LogP contribution in [0.1, 0.15) is 22.6 Å². The number of phenols is 3. The molecule has 1 heterocycles. The highest BCUT2D eigenvalue weighted by molar-refractivity contribution is 5.58. The van der Waals surface area contributed by atoms with Gasteiger partial charge in [0.05, 0.1) is 33.0 Å². The third kappa shape index (κ3) is 3.91. The summed E-state index contributed by atoms with van der Waals surface area (Å²) < 4.78 is 23.1. The fraction of sp³-hybridized carbons (Fsp3) is 0.455. The molecule has 0 bridgehead atoms. The minimum Gasteiger partial charge on any atom is -0.508 e. The van der Waals surface area contributed by atoms with E-state index in [1.165, 1.54) is 0 Å². The van der Waals surface area contributed by atoms with Gasteiger partial charge in [0.25, 0.3) is 0 Å². The van der Waals surface area contributed by atoms with Gasteiger partial charge in [-0.3, -0.25) is 0 Å². The lowest BCUT2D eigenvalue weighted by Crippen LogP contribution is -2.47. The van der Waals surface area contributed by atoms with Crippen LogP contribution in [0.4, 0.5) is 0 Å². The van der Waals surface area contributed by atoms with E-state index in [1.807, 2.05) is 6.07 Å². The summed E-state index contributed by atoms with van der Waals surface area (Å²) in [5.74, 6) is 0.191. The Labute approximate surface area is 174 Å². The fourth-order valence-electron chi connectivity index (χ4n) is 4.32. The Bertz CT molecular complexity index is 903. The minimum absolute atomic E-state index is 0.124. The highest BCUT2D eigenvalue weighted by Crippen LogP contribution is 2.54. The predicted molar refractivity (Wildman–Crippen MR) is 108 cm³/mol. The van der Waals surface area contributed by atoms with Gasteiger partial charge < -0.3 is 40.0 Å². The topological polar surface area (TPSA) is 124 Å². The van der Waals surface area contributed by atoms with Crippen molar-refractivity contribution in [2.45, 2.75) is 17.9 Å². The maximum absolute atomic E-state index is 10.1. The van der Waals surface area contributed by atoms with E-state index in [4.69, 9.17) is 24.7 Å². The molecule has 2 unspecified atom stereocenters. The zero-order valence-electron chi connectivity index (χ0n) is 16.7. The molecule has 2 aliphatic rings. The van der Waals surface area contributed by atoms with Crippen LogP contribution in [0.25, 0.3) is 0 Å². The standard InChI is InChI=1S/C22H27NO7/c23-3-4-27-5-6-28-7-8-30-22-12-14-9-18(25)19(26)11-17(14)21(22)16-2-1-15(24)10-20(16)29-13-22/h1-2,9-11,21,24-26H,3-8,12-13,23H2. The van der Waals surface area contributed by atoms with Crippen LogP contribution in [-0.4, -0.2) is 67.1 Å². The third-order valence-corrected chi connectivity index (χ3v) is 5.59. The van der Waals surface area contributed by atoms with Crippen molar-refractivity contribution in [3.63, 3.8) is 0 Å². The minimum atomic E-state index is -0.689. The van der Waals surface area contributed by atoms with Crippen molar-refractivity contribution in [2.75, 3.05) is 46.2 Å². The number of aromatic hydroxyl groups is 3. The summed E-state index contributed by atoms with van der Waals surface area (Å²) in [6.45, 7) is 2.97. The van der Waals surface area contributed by atoms with E-state index in [2.05, 4.69) is 0 Å². The molecule has 1 aliphatic heterocycles. The van der Waals surface area contributed by atoms with Crippen molar-refractivity contribution < 1.29 is 34.3 Å². The Hall–Kier alpha value is -2.52. The molecule has 2 aromatic carbocycles. The lowest BCUT2D eigenvalue weighted by molar-refractivity contribution is -0.102. The van der Waals surface area contributed by atoms with Gasteiger partial charge in [0.1, 0.15) is 23.7 Å². The molecule has 0 aromatic heterocycles. The van der Waals surface area contributed by atoms with Crippen LogP contribution in [-0.2, 0) is 20.6 Å². The lowest BCUT2D eigenvalue weighted by atomic mass is 9.80. The average molecular weight is 417 g/mol. The second-order valence-electron chi connectivity index (χ2n) is 7.59. The normalized spacial score (nSPS) is 21.6. The fourth-order valence-corrected chi connectivity index (χ4v) is 4.32. The van der Waals surface area contributed by atoms with Crippen molar-refractivity contribution in [1.82, 2.24) is 0 Å². The molecular weight excluding hydrogens is 390 g/mol. The molecule has 2 atom stereocenters. The largest absolute Gasteiger partial charge is 0.508 e. The van der Waals surface area contributed by atoms with E-state index in [9.17, 15) is 15.3 Å². The van der Waals surface area contributed by atoms with E-state index < -0.39 is 5.60 Å². The molecule has 4 rings (SSSR count). The van der Waals surface area contributed by atoms with Crippen molar-refractivity contribution in [3.8, 4) is 23.0 Å². The van der Waals surface area contributed by atoms with Crippen LogP contribution in [0.15, 0.2) is 30.3 Å².